The van der Waals surface area contributed by atoms with Gasteiger partial charge in [0.15, 0.2) is 17.0 Å². The zero-order chi connectivity index (χ0) is 18.1. The second-order valence-electron chi connectivity index (χ2n) is 6.35. The summed E-state index contributed by atoms with van der Waals surface area (Å²) in [4.78, 5) is 22.7. The number of carbonyl (C=O) groups is 1. The third-order valence-corrected chi connectivity index (χ3v) is 4.55. The van der Waals surface area contributed by atoms with Gasteiger partial charge in [0.2, 0.25) is 5.91 Å². The van der Waals surface area contributed by atoms with Crippen LogP contribution in [0.3, 0.4) is 0 Å². The highest BCUT2D eigenvalue weighted by Crippen LogP contribution is 2.27. The van der Waals surface area contributed by atoms with Gasteiger partial charge in [0, 0.05) is 26.7 Å². The Labute approximate surface area is 149 Å². The van der Waals surface area contributed by atoms with Gasteiger partial charge in [-0.05, 0) is 24.1 Å². The van der Waals surface area contributed by atoms with E-state index in [0.29, 0.717) is 43.0 Å². The molecule has 1 amide bonds. The van der Waals surface area contributed by atoms with Crippen molar-refractivity contribution >= 4 is 22.9 Å². The minimum absolute atomic E-state index is 0.0211. The molecule has 1 aliphatic heterocycles. The number of aromatic nitrogens is 5. The van der Waals surface area contributed by atoms with Gasteiger partial charge in [-0.2, -0.15) is 0 Å². The van der Waals surface area contributed by atoms with Crippen molar-refractivity contribution < 1.29 is 9.18 Å². The summed E-state index contributed by atoms with van der Waals surface area (Å²) in [6.07, 6.45) is 2.16. The number of carbonyl (C=O) groups excluding carboxylic acids is 1. The Kier molecular flexibility index (Phi) is 4.19. The molecule has 0 atom stereocenters. The molecule has 1 saturated heterocycles. The number of halogens is 1. The van der Waals surface area contributed by atoms with Crippen molar-refractivity contribution in [2.45, 2.75) is 6.42 Å². The van der Waals surface area contributed by atoms with Gasteiger partial charge >= 0.3 is 0 Å². The van der Waals surface area contributed by atoms with Crippen LogP contribution in [0.25, 0.3) is 11.2 Å². The minimum Gasteiger partial charge on any atom is -0.355 e. The number of nitrogens with one attached hydrogen (secondary N) is 1. The number of hydrogen-bond acceptors (Lipinski definition) is 6. The summed E-state index contributed by atoms with van der Waals surface area (Å²) in [6.45, 7) is 1.71. The van der Waals surface area contributed by atoms with Crippen LogP contribution in [0.4, 0.5) is 10.2 Å². The molecule has 1 aliphatic rings. The molecule has 134 valence electrons. The number of anilines is 1. The smallest absolute Gasteiger partial charge is 0.226 e. The molecule has 3 aromatic rings. The Hall–Kier alpha value is -3.10. The van der Waals surface area contributed by atoms with Crippen LogP contribution in [-0.4, -0.2) is 50.5 Å². The predicted octanol–water partition coefficient (Wildman–Crippen LogP) is 0.692. The van der Waals surface area contributed by atoms with Crippen LogP contribution >= 0.6 is 0 Å². The third-order valence-electron chi connectivity index (χ3n) is 4.55. The normalized spacial score (nSPS) is 14.5. The van der Waals surface area contributed by atoms with E-state index in [9.17, 15) is 9.18 Å². The second-order valence-corrected chi connectivity index (χ2v) is 6.35. The average molecular weight is 355 g/mol. The molecule has 1 fully saturated rings. The Morgan fingerprint density at radius 2 is 2.04 bits per heavy atom. The van der Waals surface area contributed by atoms with Gasteiger partial charge in [0.25, 0.3) is 0 Å². The summed E-state index contributed by atoms with van der Waals surface area (Å²) in [5.74, 6) is 0.394. The monoisotopic (exact) mass is 355 g/mol. The van der Waals surface area contributed by atoms with Crippen LogP contribution in [0.2, 0.25) is 0 Å². The number of benzene rings is 1. The van der Waals surface area contributed by atoms with Crippen LogP contribution in [0.1, 0.15) is 5.56 Å². The molecule has 0 saturated carbocycles. The molecular formula is C17H18FN7O. The Balaban J connectivity index is 1.30. The topological polar surface area (TPSA) is 88.8 Å². The molecule has 0 spiro atoms. The van der Waals surface area contributed by atoms with E-state index in [2.05, 4.69) is 25.6 Å². The summed E-state index contributed by atoms with van der Waals surface area (Å²) in [5, 5.41) is 11.0. The first-order valence-corrected chi connectivity index (χ1v) is 8.39. The molecule has 3 heterocycles. The first-order chi connectivity index (χ1) is 12.6. The number of amides is 1. The fourth-order valence-electron chi connectivity index (χ4n) is 3.02. The van der Waals surface area contributed by atoms with Crippen molar-refractivity contribution in [3.63, 3.8) is 0 Å². The van der Waals surface area contributed by atoms with Crippen LogP contribution < -0.4 is 10.2 Å². The molecule has 9 heteroatoms. The Morgan fingerprint density at radius 3 is 2.81 bits per heavy atom. The van der Waals surface area contributed by atoms with E-state index in [1.807, 2.05) is 4.90 Å². The summed E-state index contributed by atoms with van der Waals surface area (Å²) in [7, 11) is 1.78. The first kappa shape index (κ1) is 16.4. The molecule has 26 heavy (non-hydrogen) atoms. The molecule has 1 aromatic carbocycles. The largest absolute Gasteiger partial charge is 0.355 e. The fourth-order valence-corrected chi connectivity index (χ4v) is 3.02. The number of hydrogen-bond donors (Lipinski definition) is 1. The lowest BCUT2D eigenvalue weighted by atomic mass is 9.99. The van der Waals surface area contributed by atoms with Gasteiger partial charge in [-0.1, -0.05) is 17.3 Å². The van der Waals surface area contributed by atoms with E-state index >= 15 is 0 Å². The fraction of sp³-hybridized carbons (Fsp3) is 0.353. The van der Waals surface area contributed by atoms with Crippen molar-refractivity contribution in [3.8, 4) is 0 Å². The van der Waals surface area contributed by atoms with Gasteiger partial charge in [-0.25, -0.2) is 19.0 Å². The first-order valence-electron chi connectivity index (χ1n) is 8.39. The second kappa shape index (κ2) is 6.66. The zero-order valence-corrected chi connectivity index (χ0v) is 14.3. The van der Waals surface area contributed by atoms with Crippen molar-refractivity contribution in [1.82, 2.24) is 30.3 Å². The summed E-state index contributed by atoms with van der Waals surface area (Å²) >= 11 is 0. The highest BCUT2D eigenvalue weighted by molar-refractivity contribution is 5.86. The predicted molar refractivity (Wildman–Crippen MR) is 92.9 cm³/mol. The molecule has 0 aliphatic carbocycles. The van der Waals surface area contributed by atoms with E-state index in [4.69, 9.17) is 0 Å². The van der Waals surface area contributed by atoms with Crippen molar-refractivity contribution in [2.24, 2.45) is 13.0 Å². The maximum Gasteiger partial charge on any atom is 0.226 e. The van der Waals surface area contributed by atoms with E-state index in [-0.39, 0.29) is 17.6 Å². The number of aryl methyl sites for hydroxylation is 1. The van der Waals surface area contributed by atoms with Crippen LogP contribution in [0.15, 0.2) is 30.6 Å². The van der Waals surface area contributed by atoms with Crippen molar-refractivity contribution in [2.75, 3.05) is 24.5 Å². The van der Waals surface area contributed by atoms with Gasteiger partial charge < -0.3 is 10.2 Å². The molecule has 0 unspecified atom stereocenters. The number of nitrogens with zero attached hydrogens (tertiary/aromatic N) is 6. The summed E-state index contributed by atoms with van der Waals surface area (Å²) in [5.41, 5.74) is 2.31. The third kappa shape index (κ3) is 3.07. The minimum atomic E-state index is -0.255. The Bertz CT molecular complexity index is 934. The number of fused-ring (bicyclic) bond motifs is 1. The van der Waals surface area contributed by atoms with E-state index in [0.717, 1.165) is 5.56 Å². The molecule has 8 nitrogen and oxygen atoms in total. The van der Waals surface area contributed by atoms with Gasteiger partial charge in [0.05, 0.1) is 5.92 Å². The van der Waals surface area contributed by atoms with Gasteiger partial charge in [-0.15, -0.1) is 5.10 Å². The van der Waals surface area contributed by atoms with Crippen LogP contribution in [0, 0.1) is 11.7 Å². The molecule has 0 bridgehead atoms. The van der Waals surface area contributed by atoms with Crippen LogP contribution in [0.5, 0.6) is 0 Å². The SMILES string of the molecule is Cn1nnc2c(N3CC(C(=O)NCCc4ccc(F)cc4)C3)ncnc21. The molecule has 0 radical (unpaired) electrons. The Morgan fingerprint density at radius 1 is 1.27 bits per heavy atom. The van der Waals surface area contributed by atoms with E-state index in [1.54, 1.807) is 23.9 Å². The lowest BCUT2D eigenvalue weighted by Crippen LogP contribution is -2.54. The standard InChI is InChI=1S/C17H18FN7O/c1-24-15-14(22-23-24)16(21-10-20-15)25-8-12(9-25)17(26)19-7-6-11-2-4-13(18)5-3-11/h2-5,10,12H,6-9H2,1H3,(H,19,26). The van der Waals surface area contributed by atoms with Crippen LogP contribution in [-0.2, 0) is 18.3 Å². The maximum absolute atomic E-state index is 12.9. The van der Waals surface area contributed by atoms with Gasteiger partial charge in [-0.3, -0.25) is 4.79 Å². The highest BCUT2D eigenvalue weighted by atomic mass is 19.1. The molecule has 2 aromatic heterocycles. The average Bonchev–Trinajstić information content (AvgIpc) is 2.98. The molecular weight excluding hydrogens is 337 g/mol. The lowest BCUT2D eigenvalue weighted by Gasteiger charge is -2.38. The van der Waals surface area contributed by atoms with E-state index in [1.165, 1.54) is 18.5 Å². The van der Waals surface area contributed by atoms with Crippen molar-refractivity contribution in [1.29, 1.82) is 0 Å². The highest BCUT2D eigenvalue weighted by Gasteiger charge is 2.34. The number of rotatable bonds is 5. The summed E-state index contributed by atoms with van der Waals surface area (Å²) in [6, 6.07) is 6.31. The molecule has 4 rings (SSSR count). The zero-order valence-electron chi connectivity index (χ0n) is 14.3. The maximum atomic E-state index is 12.9. The quantitative estimate of drug-likeness (QED) is 0.724. The van der Waals surface area contributed by atoms with E-state index < -0.39 is 0 Å². The summed E-state index contributed by atoms with van der Waals surface area (Å²) < 4.78 is 14.5. The van der Waals surface area contributed by atoms with Crippen molar-refractivity contribution in [3.05, 3.63) is 42.0 Å². The van der Waals surface area contributed by atoms with Gasteiger partial charge in [0.1, 0.15) is 12.1 Å². The lowest BCUT2D eigenvalue weighted by molar-refractivity contribution is -0.125. The molecule has 1 N–H and O–H groups in total.